The van der Waals surface area contributed by atoms with E-state index in [1.807, 2.05) is 28.9 Å². The van der Waals surface area contributed by atoms with E-state index < -0.39 is 0 Å². The van der Waals surface area contributed by atoms with E-state index in [4.69, 9.17) is 4.98 Å². The molecule has 3 aromatic carbocycles. The summed E-state index contributed by atoms with van der Waals surface area (Å²) in [5, 5.41) is 8.74. The van der Waals surface area contributed by atoms with Crippen molar-refractivity contribution in [1.82, 2.24) is 14.0 Å². The topological polar surface area (TPSA) is 22.2 Å². The first-order chi connectivity index (χ1) is 17.7. The van der Waals surface area contributed by atoms with Crippen LogP contribution in [-0.4, -0.2) is 14.0 Å². The third-order valence-electron chi connectivity index (χ3n) is 7.27. The number of thiophene rings is 2. The van der Waals surface area contributed by atoms with Gasteiger partial charge >= 0.3 is 0 Å². The van der Waals surface area contributed by atoms with Gasteiger partial charge in [-0.15, -0.1) is 22.7 Å². The Morgan fingerprint density at radius 2 is 1.50 bits per heavy atom. The molecule has 36 heavy (non-hydrogen) atoms. The van der Waals surface area contributed by atoms with Crippen molar-refractivity contribution in [2.45, 2.75) is 13.8 Å². The number of aryl methyl sites for hydroxylation is 2. The standard InChI is InChI=1S/C31H21N3S2/c1-18-14-24-29-19(2)35-17-25(29)30-32-16-28(34(30)31(24)36-18)20-8-7-9-21(15-20)33-26-12-5-3-10-22(26)23-11-4-6-13-27(23)33/h3-17H,1-2H3. The van der Waals surface area contributed by atoms with E-state index in [-0.39, 0.29) is 0 Å². The van der Waals surface area contributed by atoms with Gasteiger partial charge in [-0.3, -0.25) is 4.40 Å². The lowest BCUT2D eigenvalue weighted by atomic mass is 10.1. The van der Waals surface area contributed by atoms with Crippen LogP contribution < -0.4 is 0 Å². The maximum Gasteiger partial charge on any atom is 0.147 e. The third kappa shape index (κ3) is 2.64. The fourth-order valence-electron chi connectivity index (χ4n) is 5.76. The second kappa shape index (κ2) is 7.29. The molecule has 0 radical (unpaired) electrons. The molecule has 0 aliphatic carbocycles. The highest BCUT2D eigenvalue weighted by Crippen LogP contribution is 2.41. The molecule has 0 fully saturated rings. The highest BCUT2D eigenvalue weighted by molar-refractivity contribution is 7.19. The molecule has 0 saturated heterocycles. The van der Waals surface area contributed by atoms with E-state index in [1.54, 1.807) is 0 Å². The third-order valence-corrected chi connectivity index (χ3v) is 9.21. The molecule has 0 bridgehead atoms. The zero-order valence-corrected chi connectivity index (χ0v) is 21.5. The van der Waals surface area contributed by atoms with Gasteiger partial charge < -0.3 is 4.57 Å². The minimum absolute atomic E-state index is 1.04. The lowest BCUT2D eigenvalue weighted by Gasteiger charge is -2.11. The number of rotatable bonds is 2. The second-order valence-corrected chi connectivity index (χ2v) is 11.7. The minimum Gasteiger partial charge on any atom is -0.309 e. The first kappa shape index (κ1) is 20.3. The second-order valence-electron chi connectivity index (χ2n) is 9.38. The van der Waals surface area contributed by atoms with Gasteiger partial charge in [-0.05, 0) is 44.2 Å². The number of benzene rings is 3. The minimum atomic E-state index is 1.04. The Kier molecular flexibility index (Phi) is 4.11. The van der Waals surface area contributed by atoms with E-state index in [1.165, 1.54) is 58.1 Å². The lowest BCUT2D eigenvalue weighted by molar-refractivity contribution is 1.18. The molecular formula is C31H21N3S2. The van der Waals surface area contributed by atoms with Gasteiger partial charge in [0.25, 0.3) is 0 Å². The van der Waals surface area contributed by atoms with Crippen molar-refractivity contribution >= 4 is 71.1 Å². The number of nitrogens with zero attached hydrogens (tertiary/aromatic N) is 3. The quantitative estimate of drug-likeness (QED) is 0.232. The number of fused-ring (bicyclic) bond motifs is 9. The summed E-state index contributed by atoms with van der Waals surface area (Å²) in [6.45, 7) is 4.42. The van der Waals surface area contributed by atoms with Gasteiger partial charge in [-0.25, -0.2) is 4.98 Å². The van der Waals surface area contributed by atoms with E-state index in [0.717, 1.165) is 17.0 Å². The largest absolute Gasteiger partial charge is 0.309 e. The summed E-state index contributed by atoms with van der Waals surface area (Å²) in [5.41, 5.74) is 6.94. The van der Waals surface area contributed by atoms with Crippen LogP contribution in [-0.2, 0) is 0 Å². The van der Waals surface area contributed by atoms with Crippen molar-refractivity contribution in [1.29, 1.82) is 0 Å². The van der Waals surface area contributed by atoms with E-state index in [2.05, 4.69) is 107 Å². The van der Waals surface area contributed by atoms with Crippen LogP contribution in [0.5, 0.6) is 0 Å². The fraction of sp³-hybridized carbons (Fsp3) is 0.0645. The maximum absolute atomic E-state index is 4.96. The summed E-state index contributed by atoms with van der Waals surface area (Å²) in [6.07, 6.45) is 2.04. The highest BCUT2D eigenvalue weighted by Gasteiger charge is 2.19. The Hall–Kier alpha value is -3.93. The van der Waals surface area contributed by atoms with Crippen molar-refractivity contribution in [3.8, 4) is 16.9 Å². The predicted octanol–water partition coefficient (Wildman–Crippen LogP) is 9.14. The number of pyridine rings is 1. The Labute approximate surface area is 215 Å². The monoisotopic (exact) mass is 499 g/mol. The van der Waals surface area contributed by atoms with Crippen LogP contribution in [0.2, 0.25) is 0 Å². The molecule has 5 heteroatoms. The summed E-state index contributed by atoms with van der Waals surface area (Å²) in [5.74, 6) is 0. The van der Waals surface area contributed by atoms with Crippen LogP contribution >= 0.6 is 22.7 Å². The molecular weight excluding hydrogens is 478 g/mol. The van der Waals surface area contributed by atoms with E-state index >= 15 is 0 Å². The van der Waals surface area contributed by atoms with Crippen molar-refractivity contribution in [3.05, 3.63) is 100 Å². The molecule has 172 valence electrons. The summed E-state index contributed by atoms with van der Waals surface area (Å²) >= 11 is 3.66. The van der Waals surface area contributed by atoms with Crippen LogP contribution in [0.25, 0.3) is 65.4 Å². The molecule has 5 heterocycles. The molecule has 0 aliphatic heterocycles. The number of para-hydroxylation sites is 2. The normalized spacial score (nSPS) is 12.2. The van der Waals surface area contributed by atoms with Crippen LogP contribution in [0.1, 0.15) is 9.75 Å². The van der Waals surface area contributed by atoms with Crippen LogP contribution in [0, 0.1) is 13.8 Å². The molecule has 0 atom stereocenters. The Bertz CT molecular complexity index is 2080. The molecule has 5 aromatic heterocycles. The number of aromatic nitrogens is 3. The molecule has 0 amide bonds. The summed E-state index contributed by atoms with van der Waals surface area (Å²) in [4.78, 5) is 8.90. The SMILES string of the molecule is Cc1cc2c3c(C)scc3c3ncc(-c4cccc(-n5c6ccccc6c6ccccc65)c4)n3c2s1. The summed E-state index contributed by atoms with van der Waals surface area (Å²) in [7, 11) is 0. The number of hydrogen-bond donors (Lipinski definition) is 0. The first-order valence-electron chi connectivity index (χ1n) is 12.1. The van der Waals surface area contributed by atoms with Gasteiger partial charge in [-0.2, -0.15) is 0 Å². The molecule has 0 aliphatic rings. The molecule has 3 nitrogen and oxygen atoms in total. The molecule has 0 N–H and O–H groups in total. The molecule has 0 saturated carbocycles. The lowest BCUT2D eigenvalue weighted by Crippen LogP contribution is -1.95. The Balaban J connectivity index is 1.43. The van der Waals surface area contributed by atoms with Gasteiger partial charge in [0.1, 0.15) is 10.5 Å². The molecule has 0 spiro atoms. The van der Waals surface area contributed by atoms with E-state index in [0.29, 0.717) is 0 Å². The molecule has 0 unspecified atom stereocenters. The van der Waals surface area contributed by atoms with Crippen LogP contribution in [0.15, 0.2) is 90.4 Å². The smallest absolute Gasteiger partial charge is 0.147 e. The van der Waals surface area contributed by atoms with Gasteiger partial charge in [0.05, 0.1) is 22.9 Å². The Morgan fingerprint density at radius 1 is 0.750 bits per heavy atom. The first-order valence-corrected chi connectivity index (χ1v) is 13.7. The maximum atomic E-state index is 4.96. The zero-order valence-electron chi connectivity index (χ0n) is 19.8. The van der Waals surface area contributed by atoms with Gasteiger partial charge in [0.15, 0.2) is 0 Å². The van der Waals surface area contributed by atoms with E-state index in [9.17, 15) is 0 Å². The summed E-state index contributed by atoms with van der Waals surface area (Å²) in [6, 6.07) is 28.5. The van der Waals surface area contributed by atoms with Gasteiger partial charge in [0, 0.05) is 53.3 Å². The Morgan fingerprint density at radius 3 is 2.28 bits per heavy atom. The van der Waals surface area contributed by atoms with Crippen LogP contribution in [0.3, 0.4) is 0 Å². The average Bonchev–Trinajstić information content (AvgIpc) is 3.66. The van der Waals surface area contributed by atoms with Crippen molar-refractivity contribution < 1.29 is 0 Å². The van der Waals surface area contributed by atoms with Crippen molar-refractivity contribution in [3.63, 3.8) is 0 Å². The zero-order chi connectivity index (χ0) is 24.0. The predicted molar refractivity (Wildman–Crippen MR) is 155 cm³/mol. The van der Waals surface area contributed by atoms with Gasteiger partial charge in [0.2, 0.25) is 0 Å². The average molecular weight is 500 g/mol. The number of imidazole rings is 1. The van der Waals surface area contributed by atoms with Crippen LogP contribution in [0.4, 0.5) is 0 Å². The number of hydrogen-bond acceptors (Lipinski definition) is 3. The van der Waals surface area contributed by atoms with Crippen molar-refractivity contribution in [2.24, 2.45) is 0 Å². The molecule has 8 rings (SSSR count). The fourth-order valence-corrected chi connectivity index (χ4v) is 7.64. The van der Waals surface area contributed by atoms with Gasteiger partial charge in [-0.1, -0.05) is 48.5 Å². The summed E-state index contributed by atoms with van der Waals surface area (Å²) < 4.78 is 4.75. The van der Waals surface area contributed by atoms with Crippen molar-refractivity contribution in [2.75, 3.05) is 0 Å². The molecule has 8 aromatic rings. The highest BCUT2D eigenvalue weighted by atomic mass is 32.1.